The Morgan fingerprint density at radius 2 is 0.377 bits per heavy atom. The smallest absolute Gasteiger partial charge is 0.546 e. The van der Waals surface area contributed by atoms with Gasteiger partial charge in [-0.15, -0.1) is 0 Å². The van der Waals surface area contributed by atoms with Crippen LogP contribution in [0.5, 0.6) is 0 Å². The predicted octanol–water partition coefficient (Wildman–Crippen LogP) is 14.2. The zero-order chi connectivity index (χ0) is 51.7. The summed E-state index contributed by atoms with van der Waals surface area (Å²) in [6, 6.07) is 0. The normalized spacial score (nSPS) is 12.2. The molecule has 0 amide bonds. The van der Waals surface area contributed by atoms with Crippen molar-refractivity contribution in [2.24, 2.45) is 0 Å². The molecule has 0 aliphatic heterocycles. The maximum absolute atomic E-state index is 10.4. The van der Waals surface area contributed by atoms with Crippen molar-refractivity contribution in [2.75, 3.05) is 0 Å². The van der Waals surface area contributed by atoms with Gasteiger partial charge in [0.05, 0.1) is 0 Å². The standard InChI is InChI=1S/4C14H28O3.Sn/c4*1-3-5-7-8-9-10-12-13(11-6-4-2)17-14(15)16;/h4*13H,3-12H2,1-2H3,(H,15,16);/q;;;;+4/p-4. The molecule has 0 saturated carbocycles. The second-order valence-electron chi connectivity index (χ2n) is 18.8. The molecule has 0 saturated heterocycles. The van der Waals surface area contributed by atoms with Crippen molar-refractivity contribution in [3.63, 3.8) is 0 Å². The number of hydrogen-bond acceptors (Lipinski definition) is 12. The van der Waals surface area contributed by atoms with E-state index >= 15 is 0 Å². The van der Waals surface area contributed by atoms with Crippen molar-refractivity contribution < 1.29 is 58.6 Å². The fraction of sp³-hybridized carbons (Fsp3) is 0.929. The van der Waals surface area contributed by atoms with Gasteiger partial charge in [0.25, 0.3) is 24.6 Å². The maximum Gasteiger partial charge on any atom is 4.00 e. The molecule has 0 spiro atoms. The molecule has 0 N–H and O–H groups in total. The fourth-order valence-corrected chi connectivity index (χ4v) is 7.93. The summed E-state index contributed by atoms with van der Waals surface area (Å²) in [7, 11) is 0. The van der Waals surface area contributed by atoms with Gasteiger partial charge in [-0.1, -0.05) is 261 Å². The molecular formula is C56H108O12Sn. The van der Waals surface area contributed by atoms with Crippen molar-refractivity contribution in [1.29, 1.82) is 0 Å². The van der Waals surface area contributed by atoms with E-state index in [2.05, 4.69) is 55.4 Å². The van der Waals surface area contributed by atoms with Crippen LogP contribution in [-0.2, 0) is 18.9 Å². The predicted molar refractivity (Wildman–Crippen MR) is 277 cm³/mol. The van der Waals surface area contributed by atoms with Crippen LogP contribution in [0.3, 0.4) is 0 Å². The molecule has 13 heteroatoms. The minimum Gasteiger partial charge on any atom is -0.546 e. The van der Waals surface area contributed by atoms with Crippen LogP contribution in [0.4, 0.5) is 19.2 Å². The SMILES string of the molecule is CCCCCCCCC(CCCC)OC(=O)[O-].CCCCCCCCC(CCCC)OC(=O)[O-].CCCCCCCCC(CCCC)OC(=O)[O-].CCCCCCCCC(CCCC)OC(=O)[O-].[Sn+4]. The summed E-state index contributed by atoms with van der Waals surface area (Å²) in [4.78, 5) is 41.7. The Kier molecular flexibility index (Phi) is 70.2. The third-order valence-corrected chi connectivity index (χ3v) is 12.1. The van der Waals surface area contributed by atoms with Crippen LogP contribution in [0.15, 0.2) is 0 Å². The Labute approximate surface area is 441 Å². The van der Waals surface area contributed by atoms with Crippen molar-refractivity contribution in [2.45, 2.75) is 337 Å². The zero-order valence-corrected chi connectivity index (χ0v) is 48.8. The topological polar surface area (TPSA) is 197 Å². The summed E-state index contributed by atoms with van der Waals surface area (Å²) in [5, 5.41) is 41.7. The largest absolute Gasteiger partial charge is 4.00 e. The summed E-state index contributed by atoms with van der Waals surface area (Å²) in [5.41, 5.74) is 0. The molecule has 0 aliphatic carbocycles. The minimum atomic E-state index is -1.38. The van der Waals surface area contributed by atoms with Crippen LogP contribution in [0.25, 0.3) is 0 Å². The Morgan fingerprint density at radius 3 is 0.522 bits per heavy atom. The van der Waals surface area contributed by atoms with Gasteiger partial charge >= 0.3 is 23.9 Å². The van der Waals surface area contributed by atoms with Gasteiger partial charge in [0.15, 0.2) is 0 Å². The number of carbonyl (C=O) groups excluding carboxylic acids is 4. The molecule has 408 valence electrons. The van der Waals surface area contributed by atoms with Gasteiger partial charge in [-0.05, 0) is 51.4 Å². The first-order chi connectivity index (χ1) is 32.8. The molecule has 0 heterocycles. The second-order valence-corrected chi connectivity index (χ2v) is 18.8. The van der Waals surface area contributed by atoms with E-state index in [1.165, 1.54) is 128 Å². The van der Waals surface area contributed by atoms with Crippen molar-refractivity contribution in [3.05, 3.63) is 0 Å². The zero-order valence-electron chi connectivity index (χ0n) is 46.0. The third-order valence-electron chi connectivity index (χ3n) is 12.1. The van der Waals surface area contributed by atoms with Gasteiger partial charge < -0.3 is 58.6 Å². The monoisotopic (exact) mass is 1090 g/mol. The van der Waals surface area contributed by atoms with E-state index in [1.54, 1.807) is 0 Å². The first kappa shape index (κ1) is 75.8. The van der Waals surface area contributed by atoms with E-state index in [4.69, 9.17) is 18.9 Å². The molecule has 0 aromatic rings. The molecular weight excluding hydrogens is 983 g/mol. The molecule has 4 unspecified atom stereocenters. The van der Waals surface area contributed by atoms with Gasteiger partial charge in [0.1, 0.15) is 0 Å². The van der Waals surface area contributed by atoms with E-state index in [-0.39, 0.29) is 48.3 Å². The first-order valence-electron chi connectivity index (χ1n) is 28.3. The second kappa shape index (κ2) is 63.9. The third kappa shape index (κ3) is 70.2. The van der Waals surface area contributed by atoms with Crippen LogP contribution >= 0.6 is 0 Å². The molecule has 0 aromatic heterocycles. The molecule has 0 fully saturated rings. The molecule has 69 heavy (non-hydrogen) atoms. The molecule has 0 aromatic carbocycles. The molecule has 0 aliphatic rings. The number of carbonyl (C=O) groups is 4. The Balaban J connectivity index is -0.000000263. The van der Waals surface area contributed by atoms with Gasteiger partial charge in [-0.3, -0.25) is 0 Å². The van der Waals surface area contributed by atoms with E-state index in [1.807, 2.05) is 0 Å². The number of carboxylic acid groups (broad SMARTS) is 4. The average molecular weight is 1090 g/mol. The van der Waals surface area contributed by atoms with E-state index in [0.717, 1.165) is 128 Å². The maximum atomic E-state index is 10.4. The van der Waals surface area contributed by atoms with Crippen LogP contribution < -0.4 is 20.4 Å². The molecule has 0 radical (unpaired) electrons. The fourth-order valence-electron chi connectivity index (χ4n) is 7.93. The number of hydrogen-bond donors (Lipinski definition) is 0. The Bertz CT molecular complexity index is 889. The quantitative estimate of drug-likeness (QED) is 0.0242. The summed E-state index contributed by atoms with van der Waals surface area (Å²) < 4.78 is 19.1. The van der Waals surface area contributed by atoms with E-state index in [9.17, 15) is 39.6 Å². The summed E-state index contributed by atoms with van der Waals surface area (Å²) in [5.74, 6) is 0. The van der Waals surface area contributed by atoms with Crippen LogP contribution in [0.2, 0.25) is 0 Å². The Morgan fingerprint density at radius 1 is 0.246 bits per heavy atom. The van der Waals surface area contributed by atoms with E-state index < -0.39 is 24.6 Å². The van der Waals surface area contributed by atoms with Gasteiger partial charge in [-0.25, -0.2) is 0 Å². The summed E-state index contributed by atoms with van der Waals surface area (Å²) in [6.07, 6.45) is 38.3. The number of ether oxygens (including phenoxy) is 4. The first-order valence-corrected chi connectivity index (χ1v) is 28.3. The number of unbranched alkanes of at least 4 members (excludes halogenated alkanes) is 24. The molecule has 4 atom stereocenters. The molecule has 12 nitrogen and oxygen atoms in total. The summed E-state index contributed by atoms with van der Waals surface area (Å²) in [6.45, 7) is 17.2. The van der Waals surface area contributed by atoms with Gasteiger partial charge in [0.2, 0.25) is 0 Å². The average Bonchev–Trinajstić information content (AvgIpc) is 3.29. The Hall–Kier alpha value is -2.12. The van der Waals surface area contributed by atoms with E-state index in [0.29, 0.717) is 0 Å². The molecule has 0 bridgehead atoms. The molecule has 0 rings (SSSR count). The van der Waals surface area contributed by atoms with Crippen LogP contribution in [-0.4, -0.2) is 72.9 Å². The van der Waals surface area contributed by atoms with Crippen LogP contribution in [0, 0.1) is 0 Å². The van der Waals surface area contributed by atoms with Crippen molar-refractivity contribution in [1.82, 2.24) is 0 Å². The van der Waals surface area contributed by atoms with Crippen LogP contribution in [0.1, 0.15) is 312 Å². The number of rotatable bonds is 44. The van der Waals surface area contributed by atoms with Gasteiger partial charge in [-0.2, -0.15) is 0 Å². The minimum absolute atomic E-state index is 0. The van der Waals surface area contributed by atoms with Crippen molar-refractivity contribution in [3.8, 4) is 0 Å². The summed E-state index contributed by atoms with van der Waals surface area (Å²) >= 11 is 0. The van der Waals surface area contributed by atoms with Gasteiger partial charge in [0, 0.05) is 24.4 Å². The van der Waals surface area contributed by atoms with Crippen molar-refractivity contribution >= 4 is 48.5 Å².